The van der Waals surface area contributed by atoms with E-state index in [1.807, 2.05) is 0 Å². The van der Waals surface area contributed by atoms with E-state index in [9.17, 15) is 0 Å². The van der Waals surface area contributed by atoms with Gasteiger partial charge >= 0.3 is 0 Å². The predicted octanol–water partition coefficient (Wildman–Crippen LogP) is 2.78. The second-order valence-electron chi connectivity index (χ2n) is 6.48. The Kier molecular flexibility index (Phi) is 5.33. The van der Waals surface area contributed by atoms with Crippen molar-refractivity contribution in [2.24, 2.45) is 10.7 Å². The van der Waals surface area contributed by atoms with Gasteiger partial charge in [0, 0.05) is 12.2 Å². The molecule has 2 aliphatic rings. The first kappa shape index (κ1) is 15.3. The first-order valence-electron chi connectivity index (χ1n) is 8.72. The quantitative estimate of drug-likeness (QED) is 0.664. The number of nitrogens with two attached hydrogens (primary N) is 1. The molecule has 1 heterocycles. The van der Waals surface area contributed by atoms with Crippen LogP contribution < -0.4 is 11.1 Å². The van der Waals surface area contributed by atoms with E-state index >= 15 is 0 Å². The van der Waals surface area contributed by atoms with Gasteiger partial charge in [-0.2, -0.15) is 0 Å². The van der Waals surface area contributed by atoms with Crippen LogP contribution in [0.2, 0.25) is 0 Å². The monoisotopic (exact) mass is 300 g/mol. The maximum Gasteiger partial charge on any atom is 0.193 e. The van der Waals surface area contributed by atoms with Gasteiger partial charge in [0.15, 0.2) is 5.96 Å². The molecule has 22 heavy (non-hydrogen) atoms. The number of nitrogens with zero attached hydrogens (tertiary/aromatic N) is 2. The Labute approximate surface area is 133 Å². The maximum absolute atomic E-state index is 6.02. The lowest BCUT2D eigenvalue weighted by atomic mass is 10.1. The van der Waals surface area contributed by atoms with Gasteiger partial charge in [0.05, 0.1) is 6.54 Å². The SMILES string of the molecule is NC(=NCCN1CCCCCC1)Nc1ccc2c(c1)CCC2. The number of hydrogen-bond donors (Lipinski definition) is 2. The summed E-state index contributed by atoms with van der Waals surface area (Å²) in [5.41, 5.74) is 10.0. The summed E-state index contributed by atoms with van der Waals surface area (Å²) in [4.78, 5) is 6.99. The summed E-state index contributed by atoms with van der Waals surface area (Å²) < 4.78 is 0. The largest absolute Gasteiger partial charge is 0.370 e. The number of aryl methyl sites for hydroxylation is 2. The van der Waals surface area contributed by atoms with Crippen molar-refractivity contribution in [2.75, 3.05) is 31.5 Å². The number of nitrogens with one attached hydrogen (secondary N) is 1. The minimum absolute atomic E-state index is 0.535. The number of aliphatic imine (C=N–C) groups is 1. The average molecular weight is 300 g/mol. The minimum Gasteiger partial charge on any atom is -0.370 e. The number of rotatable bonds is 4. The standard InChI is InChI=1S/C18H28N4/c19-18(20-10-13-22-11-3-1-2-4-12-22)21-17-9-8-15-6-5-7-16(15)14-17/h8-9,14H,1-7,10-13H2,(H3,19,20,21). The molecule has 3 rings (SSSR count). The molecule has 0 bridgehead atoms. The van der Waals surface area contributed by atoms with Gasteiger partial charge in [-0.05, 0) is 68.5 Å². The fourth-order valence-electron chi connectivity index (χ4n) is 3.51. The van der Waals surface area contributed by atoms with Crippen molar-refractivity contribution in [3.05, 3.63) is 29.3 Å². The first-order valence-corrected chi connectivity index (χ1v) is 8.72. The minimum atomic E-state index is 0.535. The molecule has 4 heteroatoms. The third kappa shape index (κ3) is 4.23. The Morgan fingerprint density at radius 3 is 2.64 bits per heavy atom. The molecular weight excluding hydrogens is 272 g/mol. The number of hydrogen-bond acceptors (Lipinski definition) is 2. The van der Waals surface area contributed by atoms with Gasteiger partial charge in [-0.1, -0.05) is 18.9 Å². The van der Waals surface area contributed by atoms with Crippen molar-refractivity contribution in [3.8, 4) is 0 Å². The van der Waals surface area contributed by atoms with Crippen LogP contribution in [0.15, 0.2) is 23.2 Å². The second kappa shape index (κ2) is 7.63. The van der Waals surface area contributed by atoms with Gasteiger partial charge in [0.2, 0.25) is 0 Å². The lowest BCUT2D eigenvalue weighted by Gasteiger charge is -2.18. The third-order valence-corrected chi connectivity index (χ3v) is 4.77. The predicted molar refractivity (Wildman–Crippen MR) is 93.5 cm³/mol. The molecule has 3 N–H and O–H groups in total. The van der Waals surface area contributed by atoms with E-state index in [4.69, 9.17) is 5.73 Å². The van der Waals surface area contributed by atoms with Crippen molar-refractivity contribution in [1.82, 2.24) is 4.90 Å². The van der Waals surface area contributed by atoms with Gasteiger partial charge < -0.3 is 16.0 Å². The number of fused-ring (bicyclic) bond motifs is 1. The van der Waals surface area contributed by atoms with Crippen LogP contribution in [0.25, 0.3) is 0 Å². The maximum atomic E-state index is 6.02. The molecule has 1 aromatic carbocycles. The highest BCUT2D eigenvalue weighted by atomic mass is 15.1. The first-order chi connectivity index (χ1) is 10.8. The Balaban J connectivity index is 1.47. The smallest absolute Gasteiger partial charge is 0.193 e. The fraction of sp³-hybridized carbons (Fsp3) is 0.611. The van der Waals surface area contributed by atoms with Crippen LogP contribution in [0.4, 0.5) is 5.69 Å². The van der Waals surface area contributed by atoms with Crippen LogP contribution in [0.5, 0.6) is 0 Å². The zero-order valence-corrected chi connectivity index (χ0v) is 13.5. The summed E-state index contributed by atoms with van der Waals surface area (Å²) in [6, 6.07) is 6.55. The summed E-state index contributed by atoms with van der Waals surface area (Å²) in [6.45, 7) is 4.23. The lowest BCUT2D eigenvalue weighted by molar-refractivity contribution is 0.293. The summed E-state index contributed by atoms with van der Waals surface area (Å²) in [7, 11) is 0. The number of guanidine groups is 1. The second-order valence-corrected chi connectivity index (χ2v) is 6.48. The molecule has 0 saturated carbocycles. The Hall–Kier alpha value is -1.55. The van der Waals surface area contributed by atoms with Crippen molar-refractivity contribution >= 4 is 11.6 Å². The molecule has 1 fully saturated rings. The molecule has 1 aliphatic carbocycles. The number of benzene rings is 1. The van der Waals surface area contributed by atoms with Crippen LogP contribution >= 0.6 is 0 Å². The molecule has 0 radical (unpaired) electrons. The molecule has 4 nitrogen and oxygen atoms in total. The summed E-state index contributed by atoms with van der Waals surface area (Å²) in [6.07, 6.45) is 9.09. The van der Waals surface area contributed by atoms with Crippen LogP contribution in [0.3, 0.4) is 0 Å². The number of likely N-dealkylation sites (tertiary alicyclic amines) is 1. The van der Waals surface area contributed by atoms with Crippen LogP contribution in [0, 0.1) is 0 Å². The van der Waals surface area contributed by atoms with Gasteiger partial charge in [-0.25, -0.2) is 0 Å². The van der Waals surface area contributed by atoms with Crippen molar-refractivity contribution in [2.45, 2.75) is 44.9 Å². The molecule has 1 aliphatic heterocycles. The van der Waals surface area contributed by atoms with Crippen LogP contribution in [0.1, 0.15) is 43.2 Å². The lowest BCUT2D eigenvalue weighted by Crippen LogP contribution is -2.29. The highest BCUT2D eigenvalue weighted by molar-refractivity contribution is 5.92. The van der Waals surface area contributed by atoms with Gasteiger partial charge in [0.1, 0.15) is 0 Å². The van der Waals surface area contributed by atoms with Gasteiger partial charge in [-0.3, -0.25) is 4.99 Å². The van der Waals surface area contributed by atoms with E-state index in [1.54, 1.807) is 0 Å². The fourth-order valence-corrected chi connectivity index (χ4v) is 3.51. The molecular formula is C18H28N4. The molecule has 0 aromatic heterocycles. The zero-order chi connectivity index (χ0) is 15.2. The van der Waals surface area contributed by atoms with E-state index in [1.165, 1.54) is 69.2 Å². The van der Waals surface area contributed by atoms with Crippen LogP contribution in [-0.4, -0.2) is 37.0 Å². The van der Waals surface area contributed by atoms with E-state index in [0.717, 1.165) is 18.8 Å². The molecule has 0 amide bonds. The summed E-state index contributed by atoms with van der Waals surface area (Å²) in [5.74, 6) is 0.535. The highest BCUT2D eigenvalue weighted by Crippen LogP contribution is 2.24. The van der Waals surface area contributed by atoms with Crippen LogP contribution in [-0.2, 0) is 12.8 Å². The molecule has 0 unspecified atom stereocenters. The molecule has 1 aromatic rings. The van der Waals surface area contributed by atoms with E-state index in [2.05, 4.69) is 33.4 Å². The van der Waals surface area contributed by atoms with Crippen molar-refractivity contribution in [1.29, 1.82) is 0 Å². The molecule has 0 spiro atoms. The highest BCUT2D eigenvalue weighted by Gasteiger charge is 2.11. The third-order valence-electron chi connectivity index (χ3n) is 4.77. The van der Waals surface area contributed by atoms with E-state index in [0.29, 0.717) is 5.96 Å². The normalized spacial score (nSPS) is 19.7. The van der Waals surface area contributed by atoms with E-state index < -0.39 is 0 Å². The summed E-state index contributed by atoms with van der Waals surface area (Å²) >= 11 is 0. The van der Waals surface area contributed by atoms with Crippen molar-refractivity contribution < 1.29 is 0 Å². The number of anilines is 1. The average Bonchev–Trinajstić information content (AvgIpc) is 2.82. The van der Waals surface area contributed by atoms with E-state index in [-0.39, 0.29) is 0 Å². The van der Waals surface area contributed by atoms with Crippen molar-refractivity contribution in [3.63, 3.8) is 0 Å². The molecule has 1 saturated heterocycles. The molecule has 0 atom stereocenters. The van der Waals surface area contributed by atoms with Gasteiger partial charge in [0.25, 0.3) is 0 Å². The van der Waals surface area contributed by atoms with Gasteiger partial charge in [-0.15, -0.1) is 0 Å². The molecule has 120 valence electrons. The summed E-state index contributed by atoms with van der Waals surface area (Å²) in [5, 5.41) is 3.23. The Bertz CT molecular complexity index is 516. The Morgan fingerprint density at radius 2 is 1.82 bits per heavy atom. The zero-order valence-electron chi connectivity index (χ0n) is 13.5. The Morgan fingerprint density at radius 1 is 1.05 bits per heavy atom. The topological polar surface area (TPSA) is 53.6 Å².